The van der Waals surface area contributed by atoms with Crippen LogP contribution in [0.2, 0.25) is 0 Å². The molecule has 0 aliphatic carbocycles. The van der Waals surface area contributed by atoms with Gasteiger partial charge in [-0.05, 0) is 34.3 Å². The largest absolute Gasteiger partial charge is 0.397 e. The zero-order chi connectivity index (χ0) is 12.4. The van der Waals surface area contributed by atoms with Crippen molar-refractivity contribution >= 4 is 22.4 Å². The minimum Gasteiger partial charge on any atom is -0.397 e. The molecule has 3 N–H and O–H groups in total. The highest BCUT2D eigenvalue weighted by Crippen LogP contribution is 2.25. The predicted octanol–water partition coefficient (Wildman–Crippen LogP) is 2.51. The molecule has 1 heterocycles. The third-order valence-electron chi connectivity index (χ3n) is 3.20. The van der Waals surface area contributed by atoms with Crippen LogP contribution in [0.4, 0.5) is 11.4 Å². The van der Waals surface area contributed by atoms with Gasteiger partial charge in [0.05, 0.1) is 11.4 Å². The molecule has 0 radical (unpaired) electrons. The number of anilines is 2. The fourth-order valence-electron chi connectivity index (χ4n) is 1.53. The van der Waals surface area contributed by atoms with E-state index in [2.05, 4.69) is 36.4 Å². The molecule has 0 aliphatic heterocycles. The van der Waals surface area contributed by atoms with Crippen molar-refractivity contribution in [1.29, 1.82) is 0 Å². The third-order valence-corrected chi connectivity index (χ3v) is 3.20. The summed E-state index contributed by atoms with van der Waals surface area (Å²) in [5, 5.41) is 11.0. The van der Waals surface area contributed by atoms with E-state index in [-0.39, 0.29) is 0 Å². The van der Waals surface area contributed by atoms with Crippen LogP contribution in [0.25, 0.3) is 11.0 Å². The summed E-state index contributed by atoms with van der Waals surface area (Å²) in [7, 11) is 0. The summed E-state index contributed by atoms with van der Waals surface area (Å²) >= 11 is 0. The van der Waals surface area contributed by atoms with E-state index >= 15 is 0 Å². The van der Waals surface area contributed by atoms with E-state index in [1.54, 1.807) is 0 Å². The van der Waals surface area contributed by atoms with Gasteiger partial charge >= 0.3 is 0 Å². The van der Waals surface area contributed by atoms with E-state index in [4.69, 9.17) is 10.4 Å². The molecule has 2 rings (SSSR count). The first-order valence-corrected chi connectivity index (χ1v) is 5.84. The predicted molar refractivity (Wildman–Crippen MR) is 68.7 cm³/mol. The quantitative estimate of drug-likeness (QED) is 0.795. The van der Waals surface area contributed by atoms with Crippen molar-refractivity contribution in [3.8, 4) is 0 Å². The molecule has 0 spiro atoms. The maximum atomic E-state index is 5.78. The number of fused-ring (bicyclic) bond motifs is 1. The number of aromatic nitrogens is 2. The van der Waals surface area contributed by atoms with Gasteiger partial charge in [0.1, 0.15) is 0 Å². The normalized spacial score (nSPS) is 13.2. The first-order valence-electron chi connectivity index (χ1n) is 5.84. The van der Waals surface area contributed by atoms with Crippen LogP contribution < -0.4 is 11.1 Å². The van der Waals surface area contributed by atoms with Crippen molar-refractivity contribution in [2.75, 3.05) is 17.6 Å². The van der Waals surface area contributed by atoms with Gasteiger partial charge in [0.2, 0.25) is 0 Å². The van der Waals surface area contributed by atoms with Crippen molar-refractivity contribution in [3.63, 3.8) is 0 Å². The van der Waals surface area contributed by atoms with Crippen LogP contribution in [-0.2, 0) is 0 Å². The number of nitrogens with one attached hydrogen (secondary N) is 1. The molecule has 0 fully saturated rings. The van der Waals surface area contributed by atoms with Crippen LogP contribution in [0.3, 0.4) is 0 Å². The second-order valence-electron chi connectivity index (χ2n) is 4.77. The molecule has 92 valence electrons. The smallest absolute Gasteiger partial charge is 0.160 e. The van der Waals surface area contributed by atoms with Crippen molar-refractivity contribution < 1.29 is 4.63 Å². The molecule has 0 aliphatic rings. The standard InChI is InChI=1S/C12H18N4O/c1-7(2)8(3)6-14-10-5-4-9(13)11-12(10)16-17-15-11/h4-5,7-8,14H,6,13H2,1-3H3. The van der Waals surface area contributed by atoms with Crippen molar-refractivity contribution in [1.82, 2.24) is 10.3 Å². The monoisotopic (exact) mass is 234 g/mol. The molecule has 2 aromatic rings. The molecule has 1 unspecified atom stereocenters. The van der Waals surface area contributed by atoms with E-state index in [0.717, 1.165) is 12.2 Å². The summed E-state index contributed by atoms with van der Waals surface area (Å²) in [5.74, 6) is 1.23. The van der Waals surface area contributed by atoms with Crippen LogP contribution in [0.1, 0.15) is 20.8 Å². The highest BCUT2D eigenvalue weighted by atomic mass is 16.6. The molecule has 1 aromatic carbocycles. The number of hydrogen-bond donors (Lipinski definition) is 2. The van der Waals surface area contributed by atoms with Crippen LogP contribution in [0, 0.1) is 11.8 Å². The van der Waals surface area contributed by atoms with E-state index in [0.29, 0.717) is 28.6 Å². The average molecular weight is 234 g/mol. The van der Waals surface area contributed by atoms with Gasteiger partial charge in [-0.15, -0.1) is 0 Å². The maximum absolute atomic E-state index is 5.78. The minimum absolute atomic E-state index is 0.586. The Morgan fingerprint density at radius 3 is 2.65 bits per heavy atom. The number of nitrogen functional groups attached to an aromatic ring is 1. The molecule has 0 saturated heterocycles. The molecule has 0 saturated carbocycles. The number of benzene rings is 1. The fourth-order valence-corrected chi connectivity index (χ4v) is 1.53. The summed E-state index contributed by atoms with van der Waals surface area (Å²) in [6.45, 7) is 7.53. The number of nitrogens with two attached hydrogens (primary N) is 1. The lowest BCUT2D eigenvalue weighted by atomic mass is 9.98. The lowest BCUT2D eigenvalue weighted by Gasteiger charge is -2.16. The Bertz CT molecular complexity index is 506. The Hall–Kier alpha value is -1.78. The van der Waals surface area contributed by atoms with Gasteiger partial charge < -0.3 is 11.1 Å². The van der Waals surface area contributed by atoms with Crippen molar-refractivity contribution in [2.45, 2.75) is 20.8 Å². The van der Waals surface area contributed by atoms with Gasteiger partial charge in [-0.2, -0.15) is 0 Å². The Labute approximate surface area is 100 Å². The summed E-state index contributed by atoms with van der Waals surface area (Å²) in [5.41, 5.74) is 8.60. The lowest BCUT2D eigenvalue weighted by Crippen LogP contribution is -2.16. The molecular formula is C12H18N4O. The van der Waals surface area contributed by atoms with Crippen LogP contribution in [-0.4, -0.2) is 16.9 Å². The van der Waals surface area contributed by atoms with E-state index in [1.807, 2.05) is 12.1 Å². The van der Waals surface area contributed by atoms with Gasteiger partial charge in [0.15, 0.2) is 11.0 Å². The Morgan fingerprint density at radius 1 is 1.24 bits per heavy atom. The van der Waals surface area contributed by atoms with E-state index in [1.165, 1.54) is 0 Å². The SMILES string of the molecule is CC(C)C(C)CNc1ccc(N)c2nonc12. The van der Waals surface area contributed by atoms with Gasteiger partial charge in [0, 0.05) is 6.54 Å². The third kappa shape index (κ3) is 2.33. The van der Waals surface area contributed by atoms with E-state index in [9.17, 15) is 0 Å². The summed E-state index contributed by atoms with van der Waals surface area (Å²) in [4.78, 5) is 0. The van der Waals surface area contributed by atoms with Crippen LogP contribution in [0.15, 0.2) is 16.8 Å². The zero-order valence-electron chi connectivity index (χ0n) is 10.4. The second kappa shape index (κ2) is 4.61. The van der Waals surface area contributed by atoms with E-state index < -0.39 is 0 Å². The Morgan fingerprint density at radius 2 is 1.94 bits per heavy atom. The topological polar surface area (TPSA) is 77.0 Å². The highest BCUT2D eigenvalue weighted by Gasteiger charge is 2.11. The minimum atomic E-state index is 0.586. The fraction of sp³-hybridized carbons (Fsp3) is 0.500. The molecular weight excluding hydrogens is 216 g/mol. The van der Waals surface area contributed by atoms with Gasteiger partial charge in [0.25, 0.3) is 0 Å². The summed E-state index contributed by atoms with van der Waals surface area (Å²) in [6.07, 6.45) is 0. The zero-order valence-corrected chi connectivity index (χ0v) is 10.4. The van der Waals surface area contributed by atoms with Gasteiger partial charge in [-0.3, -0.25) is 0 Å². The maximum Gasteiger partial charge on any atom is 0.160 e. The molecule has 5 heteroatoms. The lowest BCUT2D eigenvalue weighted by molar-refractivity contribution is 0.315. The average Bonchev–Trinajstić information content (AvgIpc) is 2.77. The molecule has 1 atom stereocenters. The first-order chi connectivity index (χ1) is 8.09. The van der Waals surface area contributed by atoms with Crippen molar-refractivity contribution in [3.05, 3.63) is 12.1 Å². The van der Waals surface area contributed by atoms with Crippen LogP contribution in [0.5, 0.6) is 0 Å². The summed E-state index contributed by atoms with van der Waals surface area (Å²) in [6, 6.07) is 3.73. The molecule has 0 amide bonds. The molecule has 17 heavy (non-hydrogen) atoms. The molecule has 1 aromatic heterocycles. The molecule has 0 bridgehead atoms. The highest BCUT2D eigenvalue weighted by molar-refractivity contribution is 5.94. The summed E-state index contributed by atoms with van der Waals surface area (Å²) < 4.78 is 4.72. The Balaban J connectivity index is 2.19. The number of hydrogen-bond acceptors (Lipinski definition) is 5. The van der Waals surface area contributed by atoms with Gasteiger partial charge in [-0.1, -0.05) is 20.8 Å². The number of rotatable bonds is 4. The van der Waals surface area contributed by atoms with Gasteiger partial charge in [-0.25, -0.2) is 4.63 Å². The van der Waals surface area contributed by atoms with Crippen LogP contribution >= 0.6 is 0 Å². The Kier molecular flexibility index (Phi) is 3.17. The first kappa shape index (κ1) is 11.7. The molecule has 5 nitrogen and oxygen atoms in total. The van der Waals surface area contributed by atoms with Crippen molar-refractivity contribution in [2.24, 2.45) is 11.8 Å². The second-order valence-corrected chi connectivity index (χ2v) is 4.77. The number of nitrogens with zero attached hydrogens (tertiary/aromatic N) is 2.